The third-order valence-corrected chi connectivity index (χ3v) is 4.18. The monoisotopic (exact) mass is 302 g/mol. The average Bonchev–Trinajstić information content (AvgIpc) is 2.50. The fourth-order valence-electron chi connectivity index (χ4n) is 3.10. The van der Waals surface area contributed by atoms with Gasteiger partial charge in [-0.25, -0.2) is 0 Å². The third kappa shape index (κ3) is 5.15. The Kier molecular flexibility index (Phi) is 6.94. The summed E-state index contributed by atoms with van der Waals surface area (Å²) in [6.07, 6.45) is 5.15. The van der Waals surface area contributed by atoms with E-state index in [9.17, 15) is 0 Å². The van der Waals surface area contributed by atoms with Gasteiger partial charge in [0.05, 0.1) is 6.61 Å². The Morgan fingerprint density at radius 3 is 2.73 bits per heavy atom. The standard InChI is InChI=1S/C19H30N2O/c1-4-7-18-15-16(2)14-17(3)19(18)22-13-6-5-10-21-11-8-20-9-12-21/h4,14-15,20H,1,5-13H2,2-3H3. The number of nitrogens with one attached hydrogen (secondary N) is 1. The molecule has 0 atom stereocenters. The van der Waals surface area contributed by atoms with Crippen LogP contribution in [-0.4, -0.2) is 44.2 Å². The molecule has 1 fully saturated rings. The van der Waals surface area contributed by atoms with Gasteiger partial charge in [0.25, 0.3) is 0 Å². The van der Waals surface area contributed by atoms with E-state index in [2.05, 4.69) is 42.8 Å². The lowest BCUT2D eigenvalue weighted by atomic mass is 10.0. The van der Waals surface area contributed by atoms with Gasteiger partial charge in [-0.05, 0) is 50.8 Å². The van der Waals surface area contributed by atoms with Gasteiger partial charge in [0, 0.05) is 26.2 Å². The average molecular weight is 302 g/mol. The van der Waals surface area contributed by atoms with Crippen LogP contribution < -0.4 is 10.1 Å². The molecule has 1 aliphatic heterocycles. The van der Waals surface area contributed by atoms with Crippen LogP contribution in [0, 0.1) is 13.8 Å². The maximum absolute atomic E-state index is 6.09. The molecule has 122 valence electrons. The summed E-state index contributed by atoms with van der Waals surface area (Å²) in [4.78, 5) is 2.54. The highest BCUT2D eigenvalue weighted by Gasteiger charge is 2.10. The van der Waals surface area contributed by atoms with Crippen molar-refractivity contribution in [1.82, 2.24) is 10.2 Å². The molecule has 0 saturated carbocycles. The molecule has 0 aromatic heterocycles. The Morgan fingerprint density at radius 2 is 2.00 bits per heavy atom. The normalized spacial score (nSPS) is 15.7. The molecule has 0 bridgehead atoms. The molecule has 1 aliphatic rings. The van der Waals surface area contributed by atoms with Crippen molar-refractivity contribution in [2.75, 3.05) is 39.3 Å². The fraction of sp³-hybridized carbons (Fsp3) is 0.579. The van der Waals surface area contributed by atoms with Crippen LogP contribution in [0.1, 0.15) is 29.5 Å². The first kappa shape index (κ1) is 17.0. The summed E-state index contributed by atoms with van der Waals surface area (Å²) < 4.78 is 6.09. The molecule has 0 amide bonds. The van der Waals surface area contributed by atoms with Crippen LogP contribution in [0.3, 0.4) is 0 Å². The molecule has 3 heteroatoms. The molecule has 0 unspecified atom stereocenters. The Morgan fingerprint density at radius 1 is 1.23 bits per heavy atom. The van der Waals surface area contributed by atoms with Crippen molar-refractivity contribution in [3.05, 3.63) is 41.5 Å². The lowest BCUT2D eigenvalue weighted by Crippen LogP contribution is -2.43. The maximum atomic E-state index is 6.09. The van der Waals surface area contributed by atoms with Gasteiger partial charge in [0.15, 0.2) is 0 Å². The fourth-order valence-corrected chi connectivity index (χ4v) is 3.10. The van der Waals surface area contributed by atoms with Crippen molar-refractivity contribution < 1.29 is 4.74 Å². The Labute approximate surface area is 135 Å². The molecule has 0 aliphatic carbocycles. The summed E-state index contributed by atoms with van der Waals surface area (Å²) in [5.41, 5.74) is 3.79. The van der Waals surface area contributed by atoms with E-state index in [0.29, 0.717) is 0 Å². The molecule has 0 radical (unpaired) electrons. The van der Waals surface area contributed by atoms with E-state index in [1.54, 1.807) is 0 Å². The van der Waals surface area contributed by atoms with Gasteiger partial charge in [-0.2, -0.15) is 0 Å². The van der Waals surface area contributed by atoms with Gasteiger partial charge in [-0.15, -0.1) is 6.58 Å². The van der Waals surface area contributed by atoms with Crippen molar-refractivity contribution in [2.24, 2.45) is 0 Å². The van der Waals surface area contributed by atoms with E-state index in [-0.39, 0.29) is 0 Å². The van der Waals surface area contributed by atoms with Crippen molar-refractivity contribution >= 4 is 0 Å². The van der Waals surface area contributed by atoms with Gasteiger partial charge in [-0.1, -0.05) is 23.8 Å². The summed E-state index contributed by atoms with van der Waals surface area (Å²) in [5.74, 6) is 1.06. The highest BCUT2D eigenvalue weighted by molar-refractivity contribution is 5.44. The summed E-state index contributed by atoms with van der Waals surface area (Å²) in [7, 11) is 0. The molecule has 0 spiro atoms. The van der Waals surface area contributed by atoms with E-state index in [4.69, 9.17) is 4.74 Å². The summed E-state index contributed by atoms with van der Waals surface area (Å²) >= 11 is 0. The van der Waals surface area contributed by atoms with Crippen LogP contribution in [-0.2, 0) is 6.42 Å². The zero-order chi connectivity index (χ0) is 15.8. The van der Waals surface area contributed by atoms with Crippen LogP contribution in [0.25, 0.3) is 0 Å². The first-order valence-electron chi connectivity index (χ1n) is 8.47. The molecular weight excluding hydrogens is 272 g/mol. The van der Waals surface area contributed by atoms with Gasteiger partial charge < -0.3 is 15.0 Å². The van der Waals surface area contributed by atoms with Crippen LogP contribution in [0.4, 0.5) is 0 Å². The minimum absolute atomic E-state index is 0.806. The Hall–Kier alpha value is -1.32. The molecule has 1 N–H and O–H groups in total. The molecule has 1 saturated heterocycles. The van der Waals surface area contributed by atoms with Gasteiger partial charge in [0.1, 0.15) is 5.75 Å². The van der Waals surface area contributed by atoms with Crippen molar-refractivity contribution in [3.8, 4) is 5.75 Å². The first-order chi connectivity index (χ1) is 10.7. The number of benzene rings is 1. The zero-order valence-electron chi connectivity index (χ0n) is 14.2. The van der Waals surface area contributed by atoms with E-state index in [1.165, 1.54) is 42.7 Å². The van der Waals surface area contributed by atoms with Crippen molar-refractivity contribution in [3.63, 3.8) is 0 Å². The number of rotatable bonds is 8. The molecule has 22 heavy (non-hydrogen) atoms. The second kappa shape index (κ2) is 8.96. The van der Waals surface area contributed by atoms with E-state index in [1.807, 2.05) is 6.08 Å². The minimum Gasteiger partial charge on any atom is -0.493 e. The highest BCUT2D eigenvalue weighted by atomic mass is 16.5. The number of piperazine rings is 1. The molecular formula is C19H30N2O. The number of aryl methyl sites for hydroxylation is 2. The van der Waals surface area contributed by atoms with Gasteiger partial charge in [-0.3, -0.25) is 0 Å². The number of hydrogen-bond donors (Lipinski definition) is 1. The number of nitrogens with zero attached hydrogens (tertiary/aromatic N) is 1. The molecule has 1 aromatic carbocycles. The lowest BCUT2D eigenvalue weighted by molar-refractivity contribution is 0.225. The smallest absolute Gasteiger partial charge is 0.125 e. The van der Waals surface area contributed by atoms with Crippen molar-refractivity contribution in [2.45, 2.75) is 33.1 Å². The zero-order valence-corrected chi connectivity index (χ0v) is 14.2. The third-order valence-electron chi connectivity index (χ3n) is 4.18. The summed E-state index contributed by atoms with van der Waals surface area (Å²) in [6.45, 7) is 14.7. The van der Waals surface area contributed by atoms with E-state index >= 15 is 0 Å². The predicted octanol–water partition coefficient (Wildman–Crippen LogP) is 3.10. The quantitative estimate of drug-likeness (QED) is 0.590. The Balaban J connectivity index is 1.77. The van der Waals surface area contributed by atoms with Crippen molar-refractivity contribution in [1.29, 1.82) is 0 Å². The van der Waals surface area contributed by atoms with E-state index in [0.717, 1.165) is 38.3 Å². The van der Waals surface area contributed by atoms with Crippen LogP contribution >= 0.6 is 0 Å². The van der Waals surface area contributed by atoms with Gasteiger partial charge >= 0.3 is 0 Å². The highest BCUT2D eigenvalue weighted by Crippen LogP contribution is 2.26. The largest absolute Gasteiger partial charge is 0.493 e. The van der Waals surface area contributed by atoms with Gasteiger partial charge in [0.2, 0.25) is 0 Å². The number of allylic oxidation sites excluding steroid dienone is 1. The topological polar surface area (TPSA) is 24.5 Å². The number of unbranched alkanes of at least 4 members (excludes halogenated alkanes) is 1. The first-order valence-corrected chi connectivity index (χ1v) is 8.47. The maximum Gasteiger partial charge on any atom is 0.125 e. The second-order valence-corrected chi connectivity index (χ2v) is 6.21. The number of ether oxygens (including phenoxy) is 1. The van der Waals surface area contributed by atoms with Crippen LogP contribution in [0.15, 0.2) is 24.8 Å². The van der Waals surface area contributed by atoms with E-state index < -0.39 is 0 Å². The molecule has 3 nitrogen and oxygen atoms in total. The molecule has 1 heterocycles. The minimum atomic E-state index is 0.806. The van der Waals surface area contributed by atoms with Crippen LogP contribution in [0.5, 0.6) is 5.75 Å². The lowest BCUT2D eigenvalue weighted by Gasteiger charge is -2.27. The summed E-state index contributed by atoms with van der Waals surface area (Å²) in [6, 6.07) is 4.41. The molecule has 2 rings (SSSR count). The Bertz CT molecular complexity index is 479. The second-order valence-electron chi connectivity index (χ2n) is 6.21. The summed E-state index contributed by atoms with van der Waals surface area (Å²) in [5, 5.41) is 3.39. The number of hydrogen-bond acceptors (Lipinski definition) is 3. The molecule has 1 aromatic rings. The SMILES string of the molecule is C=CCc1cc(C)cc(C)c1OCCCCN1CCNCC1. The van der Waals surface area contributed by atoms with Crippen LogP contribution in [0.2, 0.25) is 0 Å². The predicted molar refractivity (Wildman–Crippen MR) is 93.9 cm³/mol.